The first kappa shape index (κ1) is 14.2. The van der Waals surface area contributed by atoms with E-state index < -0.39 is 0 Å². The van der Waals surface area contributed by atoms with E-state index in [9.17, 15) is 0 Å². The topological polar surface area (TPSA) is 16.1 Å². The van der Waals surface area contributed by atoms with Crippen molar-refractivity contribution >= 4 is 28.9 Å². The van der Waals surface area contributed by atoms with Crippen molar-refractivity contribution < 1.29 is 0 Å². The van der Waals surface area contributed by atoms with Crippen LogP contribution >= 0.6 is 23.2 Å². The van der Waals surface area contributed by atoms with E-state index in [-0.39, 0.29) is 6.04 Å². The van der Waals surface area contributed by atoms with Crippen LogP contribution in [0.25, 0.3) is 0 Å². The van der Waals surface area contributed by atoms with Crippen molar-refractivity contribution in [2.45, 2.75) is 18.8 Å². The summed E-state index contributed by atoms with van der Waals surface area (Å²) in [6.07, 6.45) is 3.61. The average Bonchev–Trinajstić information content (AvgIpc) is 2.45. The van der Waals surface area contributed by atoms with Gasteiger partial charge in [0.15, 0.2) is 0 Å². The minimum Gasteiger partial charge on any atom is -0.366 e. The Kier molecular flexibility index (Phi) is 4.67. The monoisotopic (exact) mass is 294 g/mol. The van der Waals surface area contributed by atoms with E-state index in [4.69, 9.17) is 23.2 Å². The van der Waals surface area contributed by atoms with Crippen LogP contribution in [-0.4, -0.2) is 12.0 Å². The van der Waals surface area contributed by atoms with E-state index in [2.05, 4.69) is 22.9 Å². The Morgan fingerprint density at radius 1 is 1.32 bits per heavy atom. The van der Waals surface area contributed by atoms with Gasteiger partial charge in [0.1, 0.15) is 0 Å². The lowest BCUT2D eigenvalue weighted by atomic mass is 10.1. The number of benzene rings is 1. The molecule has 0 N–H and O–H groups in total. The summed E-state index contributed by atoms with van der Waals surface area (Å²) in [5.74, 6) is 0.477. The molecular formula is C15H16Cl2N2. The normalized spacial score (nSPS) is 12.2. The third kappa shape index (κ3) is 3.20. The van der Waals surface area contributed by atoms with Gasteiger partial charge in [0.05, 0.1) is 17.9 Å². The standard InChI is InChI=1S/C15H16Cl2N2/c1-11(12-4-3-5-14(17)8-12)19(2)15-10-18-7-6-13(15)9-16/h3-8,10-11H,9H2,1-2H3. The molecule has 0 radical (unpaired) electrons. The molecule has 1 heterocycles. The molecule has 0 aliphatic carbocycles. The molecule has 100 valence electrons. The second-order valence-corrected chi connectivity index (χ2v) is 5.18. The number of aromatic nitrogens is 1. The minimum atomic E-state index is 0.199. The Morgan fingerprint density at radius 3 is 2.79 bits per heavy atom. The van der Waals surface area contributed by atoms with Gasteiger partial charge in [-0.2, -0.15) is 0 Å². The Balaban J connectivity index is 2.30. The maximum Gasteiger partial charge on any atom is 0.0599 e. The highest BCUT2D eigenvalue weighted by molar-refractivity contribution is 6.30. The third-order valence-electron chi connectivity index (χ3n) is 3.32. The predicted molar refractivity (Wildman–Crippen MR) is 82.1 cm³/mol. The molecule has 2 aromatic rings. The van der Waals surface area contributed by atoms with Gasteiger partial charge >= 0.3 is 0 Å². The molecule has 0 bridgehead atoms. The van der Waals surface area contributed by atoms with Crippen LogP contribution in [0.5, 0.6) is 0 Å². The number of hydrogen-bond acceptors (Lipinski definition) is 2. The second kappa shape index (κ2) is 6.27. The fourth-order valence-corrected chi connectivity index (χ4v) is 2.47. The largest absolute Gasteiger partial charge is 0.366 e. The zero-order chi connectivity index (χ0) is 13.8. The number of anilines is 1. The Morgan fingerprint density at radius 2 is 2.11 bits per heavy atom. The highest BCUT2D eigenvalue weighted by Gasteiger charge is 2.15. The maximum atomic E-state index is 6.05. The molecule has 0 amide bonds. The van der Waals surface area contributed by atoms with E-state index in [1.54, 1.807) is 6.20 Å². The first-order valence-corrected chi connectivity index (χ1v) is 7.02. The quantitative estimate of drug-likeness (QED) is 0.762. The molecular weight excluding hydrogens is 279 g/mol. The molecule has 0 spiro atoms. The van der Waals surface area contributed by atoms with Crippen LogP contribution in [0.1, 0.15) is 24.1 Å². The zero-order valence-corrected chi connectivity index (χ0v) is 12.5. The summed E-state index contributed by atoms with van der Waals surface area (Å²) >= 11 is 12.0. The summed E-state index contributed by atoms with van der Waals surface area (Å²) in [6.45, 7) is 2.14. The van der Waals surface area contributed by atoms with Crippen molar-refractivity contribution in [2.75, 3.05) is 11.9 Å². The number of rotatable bonds is 4. The molecule has 4 heteroatoms. The van der Waals surface area contributed by atoms with Crippen LogP contribution in [0, 0.1) is 0 Å². The Labute approximate surface area is 124 Å². The summed E-state index contributed by atoms with van der Waals surface area (Å²) in [4.78, 5) is 6.34. The van der Waals surface area contributed by atoms with Gasteiger partial charge in [0.2, 0.25) is 0 Å². The van der Waals surface area contributed by atoms with Gasteiger partial charge in [-0.05, 0) is 36.2 Å². The number of halogens is 2. The molecule has 1 atom stereocenters. The fourth-order valence-electron chi connectivity index (χ4n) is 2.04. The molecule has 2 rings (SSSR count). The number of hydrogen-bond donors (Lipinski definition) is 0. The van der Waals surface area contributed by atoms with Gasteiger partial charge < -0.3 is 4.90 Å². The molecule has 0 aliphatic rings. The highest BCUT2D eigenvalue weighted by Crippen LogP contribution is 2.29. The Hall–Kier alpha value is -1.25. The molecule has 0 saturated heterocycles. The van der Waals surface area contributed by atoms with Crippen LogP contribution < -0.4 is 4.90 Å². The van der Waals surface area contributed by atoms with E-state index in [0.29, 0.717) is 5.88 Å². The first-order chi connectivity index (χ1) is 9.13. The maximum absolute atomic E-state index is 6.05. The number of alkyl halides is 1. The van der Waals surface area contributed by atoms with Gasteiger partial charge in [-0.3, -0.25) is 4.98 Å². The zero-order valence-electron chi connectivity index (χ0n) is 11.0. The molecule has 1 aromatic heterocycles. The SMILES string of the molecule is CC(c1cccc(Cl)c1)N(C)c1cnccc1CCl. The molecule has 0 saturated carbocycles. The summed E-state index contributed by atoms with van der Waals surface area (Å²) in [6, 6.07) is 10.1. The third-order valence-corrected chi connectivity index (χ3v) is 3.85. The van der Waals surface area contributed by atoms with E-state index in [1.807, 2.05) is 37.5 Å². The second-order valence-electron chi connectivity index (χ2n) is 4.48. The lowest BCUT2D eigenvalue weighted by Crippen LogP contribution is -2.22. The summed E-state index contributed by atoms with van der Waals surface area (Å²) in [5, 5.41) is 0.751. The van der Waals surface area contributed by atoms with E-state index in [1.165, 1.54) is 5.56 Å². The smallest absolute Gasteiger partial charge is 0.0599 e. The molecule has 2 nitrogen and oxygen atoms in total. The van der Waals surface area contributed by atoms with Crippen LogP contribution in [0.3, 0.4) is 0 Å². The van der Waals surface area contributed by atoms with Crippen molar-refractivity contribution in [3.63, 3.8) is 0 Å². The summed E-state index contributed by atoms with van der Waals surface area (Å²) < 4.78 is 0. The first-order valence-electron chi connectivity index (χ1n) is 6.10. The van der Waals surface area contributed by atoms with Gasteiger partial charge in [-0.1, -0.05) is 23.7 Å². The van der Waals surface area contributed by atoms with Crippen molar-refractivity contribution in [2.24, 2.45) is 0 Å². The predicted octanol–water partition coefficient (Wildman–Crippen LogP) is 4.67. The molecule has 1 aromatic carbocycles. The van der Waals surface area contributed by atoms with Crippen molar-refractivity contribution in [1.29, 1.82) is 0 Å². The number of pyridine rings is 1. The molecule has 19 heavy (non-hydrogen) atoms. The van der Waals surface area contributed by atoms with Gasteiger partial charge in [-0.25, -0.2) is 0 Å². The Bertz CT molecular complexity index is 557. The van der Waals surface area contributed by atoms with Gasteiger partial charge in [-0.15, -0.1) is 11.6 Å². The van der Waals surface area contributed by atoms with E-state index in [0.717, 1.165) is 16.3 Å². The minimum absolute atomic E-state index is 0.199. The lowest BCUT2D eigenvalue weighted by molar-refractivity contribution is 0.735. The van der Waals surface area contributed by atoms with Crippen LogP contribution in [0.4, 0.5) is 5.69 Å². The van der Waals surface area contributed by atoms with Crippen molar-refractivity contribution in [1.82, 2.24) is 4.98 Å². The highest BCUT2D eigenvalue weighted by atomic mass is 35.5. The average molecular weight is 295 g/mol. The summed E-state index contributed by atoms with van der Waals surface area (Å²) in [7, 11) is 2.04. The van der Waals surface area contributed by atoms with Crippen molar-refractivity contribution in [3.05, 3.63) is 58.9 Å². The molecule has 0 aliphatic heterocycles. The van der Waals surface area contributed by atoms with Gasteiger partial charge in [0.25, 0.3) is 0 Å². The van der Waals surface area contributed by atoms with Crippen LogP contribution in [-0.2, 0) is 5.88 Å². The summed E-state index contributed by atoms with van der Waals surface area (Å²) in [5.41, 5.74) is 3.29. The van der Waals surface area contributed by atoms with E-state index >= 15 is 0 Å². The van der Waals surface area contributed by atoms with Crippen molar-refractivity contribution in [3.8, 4) is 0 Å². The fraction of sp³-hybridized carbons (Fsp3) is 0.267. The number of nitrogens with zero attached hydrogens (tertiary/aromatic N) is 2. The van der Waals surface area contributed by atoms with Crippen LogP contribution in [0.15, 0.2) is 42.7 Å². The van der Waals surface area contributed by atoms with Crippen LogP contribution in [0.2, 0.25) is 5.02 Å². The molecule has 1 unspecified atom stereocenters. The van der Waals surface area contributed by atoms with Gasteiger partial charge in [0, 0.05) is 24.1 Å². The lowest BCUT2D eigenvalue weighted by Gasteiger charge is -2.28. The molecule has 0 fully saturated rings.